The first-order valence-corrected chi connectivity index (χ1v) is 9.84. The average molecular weight is 473 g/mol. The van der Waals surface area contributed by atoms with Gasteiger partial charge in [-0.3, -0.25) is 4.79 Å². The van der Waals surface area contributed by atoms with Crippen LogP contribution in [-0.4, -0.2) is 32.3 Å². The number of nitrogens with zero attached hydrogens (tertiary/aromatic N) is 4. The van der Waals surface area contributed by atoms with E-state index in [9.17, 15) is 4.79 Å². The van der Waals surface area contributed by atoms with Gasteiger partial charge in [0.1, 0.15) is 23.6 Å². The van der Waals surface area contributed by atoms with E-state index in [0.29, 0.717) is 47.1 Å². The molecule has 0 spiro atoms. The summed E-state index contributed by atoms with van der Waals surface area (Å²) in [6.07, 6.45) is 2.83. The van der Waals surface area contributed by atoms with Crippen molar-refractivity contribution in [3.63, 3.8) is 0 Å². The monoisotopic (exact) mass is 473 g/mol. The van der Waals surface area contributed by atoms with Crippen molar-refractivity contribution in [2.45, 2.75) is 13.0 Å². The molecule has 2 aliphatic rings. The largest absolute Gasteiger partial charge is 0.492 e. The lowest BCUT2D eigenvalue weighted by atomic mass is 10.2. The van der Waals surface area contributed by atoms with Gasteiger partial charge < -0.3 is 14.6 Å². The number of hydrogen-bond acceptors (Lipinski definition) is 5. The molecule has 27 heavy (non-hydrogen) atoms. The first kappa shape index (κ1) is 16.7. The van der Waals surface area contributed by atoms with Crippen LogP contribution in [-0.2, 0) is 6.54 Å². The molecule has 2 atom stereocenters. The molecular formula is C19H16IN5O2. The Labute approximate surface area is 169 Å². The summed E-state index contributed by atoms with van der Waals surface area (Å²) in [5, 5.41) is 11.1. The van der Waals surface area contributed by atoms with Gasteiger partial charge in [0.15, 0.2) is 5.82 Å². The van der Waals surface area contributed by atoms with E-state index in [-0.39, 0.29) is 5.91 Å². The molecule has 5 rings (SSSR count). The fourth-order valence-electron chi connectivity index (χ4n) is 3.39. The zero-order valence-electron chi connectivity index (χ0n) is 14.3. The maximum Gasteiger partial charge on any atom is 0.260 e. The number of amides is 1. The molecule has 0 saturated heterocycles. The van der Waals surface area contributed by atoms with Gasteiger partial charge in [-0.15, -0.1) is 10.2 Å². The normalized spacial score (nSPS) is 21.0. The van der Waals surface area contributed by atoms with Crippen LogP contribution in [0.5, 0.6) is 5.75 Å². The molecule has 7 nitrogen and oxygen atoms in total. The van der Waals surface area contributed by atoms with Gasteiger partial charge in [-0.1, -0.05) is 6.07 Å². The van der Waals surface area contributed by atoms with Crippen molar-refractivity contribution < 1.29 is 9.53 Å². The molecule has 1 saturated carbocycles. The van der Waals surface area contributed by atoms with Crippen LogP contribution < -0.4 is 10.1 Å². The van der Waals surface area contributed by atoms with Gasteiger partial charge in [0.2, 0.25) is 0 Å². The Bertz CT molecular complexity index is 1030. The zero-order chi connectivity index (χ0) is 18.4. The molecule has 1 aliphatic carbocycles. The molecule has 1 amide bonds. The van der Waals surface area contributed by atoms with Crippen LogP contribution >= 0.6 is 22.6 Å². The predicted octanol–water partition coefficient (Wildman–Crippen LogP) is 3.23. The topological polar surface area (TPSA) is 81.9 Å². The number of carbonyl (C=O) groups is 1. The second-order valence-corrected chi connectivity index (χ2v) is 8.12. The molecular weight excluding hydrogens is 457 g/mol. The number of fused-ring (bicyclic) bond motifs is 6. The quantitative estimate of drug-likeness (QED) is 0.508. The Morgan fingerprint density at radius 3 is 3.07 bits per heavy atom. The summed E-state index contributed by atoms with van der Waals surface area (Å²) in [7, 11) is 0. The number of rotatable bonds is 0. The molecule has 1 aliphatic heterocycles. The van der Waals surface area contributed by atoms with Crippen molar-refractivity contribution in [2.24, 2.45) is 11.8 Å². The second kappa shape index (κ2) is 6.59. The molecule has 136 valence electrons. The number of halogens is 1. The molecule has 8 heteroatoms. The van der Waals surface area contributed by atoms with E-state index in [2.05, 4.69) is 43.1 Å². The molecule has 2 aromatic heterocycles. The molecule has 1 fully saturated rings. The Kier molecular flexibility index (Phi) is 4.07. The number of carbonyl (C=O) groups excluding carboxylic acids is 1. The number of benzene rings is 1. The second-order valence-electron chi connectivity index (χ2n) is 6.88. The smallest absolute Gasteiger partial charge is 0.260 e. The molecule has 1 N–H and O–H groups in total. The lowest BCUT2D eigenvalue weighted by Gasteiger charge is -2.14. The standard InChI is InChI=1S/C19H16IN5O2/c20-13-4-5-16-14(7-13)19(26)23-17-3-1-2-15(22-17)18-24-21-10-25(18)8-11-6-12(11)9-27-16/h1-5,7,10-12H,6,8-9H2,(H,22,23,26)/t11-,12-/m0/s1. The van der Waals surface area contributed by atoms with Crippen molar-refractivity contribution in [2.75, 3.05) is 11.9 Å². The van der Waals surface area contributed by atoms with Crippen molar-refractivity contribution in [3.8, 4) is 17.3 Å². The van der Waals surface area contributed by atoms with Crippen molar-refractivity contribution in [1.29, 1.82) is 0 Å². The lowest BCUT2D eigenvalue weighted by Crippen LogP contribution is -2.16. The fraction of sp³-hybridized carbons (Fsp3) is 0.263. The van der Waals surface area contributed by atoms with Crippen LogP contribution in [0.4, 0.5) is 5.82 Å². The van der Waals surface area contributed by atoms with Crippen LogP contribution in [0, 0.1) is 15.4 Å². The summed E-state index contributed by atoms with van der Waals surface area (Å²) >= 11 is 2.19. The van der Waals surface area contributed by atoms with Gasteiger partial charge in [0.05, 0.1) is 12.2 Å². The molecule has 3 heterocycles. The minimum atomic E-state index is -0.237. The van der Waals surface area contributed by atoms with Crippen LogP contribution in [0.1, 0.15) is 16.8 Å². The van der Waals surface area contributed by atoms with Gasteiger partial charge >= 0.3 is 0 Å². The average Bonchev–Trinajstić information content (AvgIpc) is 3.23. The Balaban J connectivity index is 1.58. The summed E-state index contributed by atoms with van der Waals surface area (Å²) in [6.45, 7) is 1.45. The predicted molar refractivity (Wildman–Crippen MR) is 107 cm³/mol. The number of pyridine rings is 1. The van der Waals surface area contributed by atoms with E-state index >= 15 is 0 Å². The minimum absolute atomic E-state index is 0.237. The molecule has 0 radical (unpaired) electrons. The third-order valence-corrected chi connectivity index (χ3v) is 5.65. The summed E-state index contributed by atoms with van der Waals surface area (Å²) in [5.41, 5.74) is 1.21. The van der Waals surface area contributed by atoms with Gasteiger partial charge in [0.25, 0.3) is 5.91 Å². The lowest BCUT2D eigenvalue weighted by molar-refractivity contribution is 0.102. The van der Waals surface area contributed by atoms with Crippen LogP contribution in [0.3, 0.4) is 0 Å². The highest BCUT2D eigenvalue weighted by atomic mass is 127. The van der Waals surface area contributed by atoms with E-state index in [0.717, 1.165) is 16.5 Å². The van der Waals surface area contributed by atoms with Crippen LogP contribution in [0.15, 0.2) is 42.7 Å². The molecule has 0 unspecified atom stereocenters. The maximum absolute atomic E-state index is 12.9. The van der Waals surface area contributed by atoms with E-state index in [1.807, 2.05) is 34.9 Å². The van der Waals surface area contributed by atoms with E-state index in [1.165, 1.54) is 0 Å². The highest BCUT2D eigenvalue weighted by Crippen LogP contribution is 2.41. The summed E-state index contributed by atoms with van der Waals surface area (Å²) < 4.78 is 9.02. The summed E-state index contributed by atoms with van der Waals surface area (Å²) in [4.78, 5) is 17.4. The van der Waals surface area contributed by atoms with Crippen LogP contribution in [0.25, 0.3) is 11.5 Å². The van der Waals surface area contributed by atoms with Gasteiger partial charge in [-0.2, -0.15) is 0 Å². The number of anilines is 1. The van der Waals surface area contributed by atoms with E-state index < -0.39 is 0 Å². The fourth-order valence-corrected chi connectivity index (χ4v) is 3.88. The highest BCUT2D eigenvalue weighted by Gasteiger charge is 2.38. The third-order valence-electron chi connectivity index (χ3n) is 4.97. The first-order valence-electron chi connectivity index (χ1n) is 8.76. The number of ether oxygens (including phenoxy) is 1. The van der Waals surface area contributed by atoms with Gasteiger partial charge in [-0.05, 0) is 71.2 Å². The third kappa shape index (κ3) is 3.29. The number of aromatic nitrogens is 4. The minimum Gasteiger partial charge on any atom is -0.492 e. The SMILES string of the molecule is O=C1Nc2cccc(n2)-c2nncn2C[C@@H]2C[C@H]2COc2ccc(I)cc21. The van der Waals surface area contributed by atoms with Crippen molar-refractivity contribution in [3.05, 3.63) is 51.9 Å². The van der Waals surface area contributed by atoms with E-state index in [4.69, 9.17) is 4.74 Å². The number of nitrogens with one attached hydrogen (secondary N) is 1. The Morgan fingerprint density at radius 2 is 2.15 bits per heavy atom. The molecule has 1 aromatic carbocycles. The van der Waals surface area contributed by atoms with Crippen LogP contribution in [0.2, 0.25) is 0 Å². The molecule has 2 bridgehead atoms. The van der Waals surface area contributed by atoms with Gasteiger partial charge in [-0.25, -0.2) is 4.98 Å². The van der Waals surface area contributed by atoms with Gasteiger partial charge in [0, 0.05) is 10.1 Å². The highest BCUT2D eigenvalue weighted by molar-refractivity contribution is 14.1. The summed E-state index contributed by atoms with van der Waals surface area (Å²) in [6, 6.07) is 11.1. The van der Waals surface area contributed by atoms with Crippen molar-refractivity contribution in [1.82, 2.24) is 19.7 Å². The van der Waals surface area contributed by atoms with E-state index in [1.54, 1.807) is 12.4 Å². The maximum atomic E-state index is 12.9. The first-order chi connectivity index (χ1) is 13.2. The Hall–Kier alpha value is -2.49. The zero-order valence-corrected chi connectivity index (χ0v) is 16.5. The Morgan fingerprint density at radius 1 is 1.22 bits per heavy atom. The number of hydrogen-bond donors (Lipinski definition) is 1. The summed E-state index contributed by atoms with van der Waals surface area (Å²) in [5.74, 6) is 2.54. The van der Waals surface area contributed by atoms with Crippen molar-refractivity contribution >= 4 is 34.3 Å². The molecule has 3 aromatic rings.